The first kappa shape index (κ1) is 33.8. The summed E-state index contributed by atoms with van der Waals surface area (Å²) in [5.74, 6) is -12.7. The van der Waals surface area contributed by atoms with Gasteiger partial charge in [0.25, 0.3) is 21.8 Å². The third kappa shape index (κ3) is 6.24. The second kappa shape index (κ2) is 13.7. The molecule has 14 heteroatoms. The van der Waals surface area contributed by atoms with Crippen LogP contribution in [-0.4, -0.2) is 31.1 Å². The normalized spacial score (nSPS) is 11.4. The molecule has 0 saturated heterocycles. The minimum absolute atomic E-state index is 0.0595. The number of carbonyl (C=O) groups excluding carboxylic acids is 2. The Hall–Kier alpha value is -5.55. The highest BCUT2D eigenvalue weighted by molar-refractivity contribution is 7.89. The minimum atomic E-state index is -4.54. The molecule has 0 aliphatic rings. The number of fused-ring (bicyclic) bond motifs is 2. The lowest BCUT2D eigenvalue weighted by Gasteiger charge is -2.24. The quantitative estimate of drug-likeness (QED) is 0.0392. The van der Waals surface area contributed by atoms with Gasteiger partial charge in [-0.05, 0) is 43.5 Å². The van der Waals surface area contributed by atoms with Gasteiger partial charge in [0.2, 0.25) is 52.4 Å². The van der Waals surface area contributed by atoms with Crippen LogP contribution in [0.4, 0.5) is 22.0 Å². The second-order valence-corrected chi connectivity index (χ2v) is 12.4. The van der Waals surface area contributed by atoms with E-state index in [2.05, 4.69) is 10.8 Å². The van der Waals surface area contributed by atoms with Crippen molar-refractivity contribution in [3.63, 3.8) is 0 Å². The van der Waals surface area contributed by atoms with Crippen molar-refractivity contribution in [2.45, 2.75) is 31.2 Å². The number of nitrogens with one attached hydrogen (secondary N) is 1. The Morgan fingerprint density at radius 2 is 1.35 bits per heavy atom. The number of pyridine rings is 1. The van der Waals surface area contributed by atoms with E-state index in [9.17, 15) is 40.0 Å². The van der Waals surface area contributed by atoms with E-state index in [4.69, 9.17) is 6.42 Å². The van der Waals surface area contributed by atoms with Gasteiger partial charge >= 0.3 is 0 Å². The highest BCUT2D eigenvalue weighted by Gasteiger charge is 2.34. The van der Waals surface area contributed by atoms with Crippen molar-refractivity contribution in [3.05, 3.63) is 113 Å². The Balaban J connectivity index is 1.49. The summed E-state index contributed by atoms with van der Waals surface area (Å²) in [5, 5.41) is 0.823. The van der Waals surface area contributed by atoms with Gasteiger partial charge in [0.1, 0.15) is 0 Å². The third-order valence-corrected chi connectivity index (χ3v) is 9.23. The van der Waals surface area contributed by atoms with E-state index in [0.717, 1.165) is 5.56 Å². The van der Waals surface area contributed by atoms with Gasteiger partial charge in [0, 0.05) is 25.1 Å². The highest BCUT2D eigenvalue weighted by atomic mass is 32.2. The number of aromatic nitrogens is 1. The summed E-state index contributed by atoms with van der Waals surface area (Å²) in [6, 6.07) is 19.4. The van der Waals surface area contributed by atoms with E-state index in [1.54, 1.807) is 73.1 Å². The molecule has 0 atom stereocenters. The van der Waals surface area contributed by atoms with Crippen LogP contribution in [0.15, 0.2) is 77.7 Å². The van der Waals surface area contributed by atoms with Crippen LogP contribution in [-0.2, 0) is 21.4 Å². The average molecular weight is 683 g/mol. The minimum Gasteiger partial charge on any atom is -0.373 e. The third-order valence-electron chi connectivity index (χ3n) is 7.43. The maximum absolute atomic E-state index is 14.5. The number of carbonyl (C=O) groups is 2. The summed E-state index contributed by atoms with van der Waals surface area (Å²) in [6.07, 6.45) is 4.72. The molecule has 0 bridgehead atoms. The Morgan fingerprint density at radius 1 is 0.833 bits per heavy atom. The number of halogens is 5. The fourth-order valence-corrected chi connectivity index (χ4v) is 6.53. The lowest BCUT2D eigenvalue weighted by atomic mass is 10.0. The van der Waals surface area contributed by atoms with Crippen LogP contribution in [0.1, 0.15) is 28.8 Å². The molecule has 0 aliphatic heterocycles. The van der Waals surface area contributed by atoms with Crippen LogP contribution >= 0.6 is 0 Å². The number of amides is 2. The zero-order chi connectivity index (χ0) is 34.7. The molecule has 48 heavy (non-hydrogen) atoms. The molecule has 5 aromatic rings. The van der Waals surface area contributed by atoms with Crippen LogP contribution in [0.3, 0.4) is 0 Å². The van der Waals surface area contributed by atoms with E-state index in [1.807, 2.05) is 4.57 Å². The van der Waals surface area contributed by atoms with Gasteiger partial charge in [0.15, 0.2) is 0 Å². The molecule has 4 aromatic carbocycles. The molecule has 0 spiro atoms. The van der Waals surface area contributed by atoms with Gasteiger partial charge in [-0.15, -0.1) is 6.42 Å². The predicted octanol–water partition coefficient (Wildman–Crippen LogP) is 5.64. The number of hydrogen-bond donors (Lipinski definition) is 1. The summed E-state index contributed by atoms with van der Waals surface area (Å²) < 4.78 is 98.7. The van der Waals surface area contributed by atoms with Gasteiger partial charge in [-0.3, -0.25) is 9.59 Å². The molecule has 0 unspecified atom stereocenters. The number of hydroxylamine groups is 1. The number of hydrogen-bond acceptors (Lipinski definition) is 5. The van der Waals surface area contributed by atoms with Crippen molar-refractivity contribution < 1.29 is 49.4 Å². The van der Waals surface area contributed by atoms with Crippen LogP contribution in [0.25, 0.3) is 21.8 Å². The highest BCUT2D eigenvalue weighted by Crippen LogP contribution is 2.30. The molecule has 1 N–H and O–H groups in total. The van der Waals surface area contributed by atoms with Crippen LogP contribution < -0.4 is 14.9 Å². The van der Waals surface area contributed by atoms with Gasteiger partial charge in [-0.2, -0.15) is 18.8 Å². The first-order valence-electron chi connectivity index (χ1n) is 14.3. The Morgan fingerprint density at radius 3 is 1.90 bits per heavy atom. The average Bonchev–Trinajstić information content (AvgIpc) is 3.08. The fraction of sp³-hybridized carbons (Fsp3) is 0.147. The standard InChI is InChI=1S/C34H24F5N3O5S/c1-3-18-41-24-11-6-4-9-22(24)27(23-10-5-7-12-25(23)41)34(44)42(48(45,46)21-16-14-20(2)15-17-21)19-8-13-26(43)40-47-33-31(38)29(36)28(35)30(37)32(33)39/h1,4-7,9-12,14-17H,8,13,18-19H2,2H3/p+1. The molecular formula is C34H25F5N3O5S+. The summed E-state index contributed by atoms with van der Waals surface area (Å²) in [6.45, 7) is 1.36. The van der Waals surface area contributed by atoms with E-state index >= 15 is 0 Å². The van der Waals surface area contributed by atoms with E-state index in [1.165, 1.54) is 12.1 Å². The number of aryl methyl sites for hydroxylation is 1. The largest absolute Gasteiger partial charge is 0.373 e. The monoisotopic (exact) mass is 682 g/mol. The predicted molar refractivity (Wildman–Crippen MR) is 164 cm³/mol. The molecular weight excluding hydrogens is 657 g/mol. The van der Waals surface area contributed by atoms with Crippen molar-refractivity contribution in [2.75, 3.05) is 6.54 Å². The lowest BCUT2D eigenvalue weighted by molar-refractivity contribution is -0.632. The van der Waals surface area contributed by atoms with Crippen LogP contribution in [0.5, 0.6) is 5.75 Å². The summed E-state index contributed by atoms with van der Waals surface area (Å²) in [4.78, 5) is 31.1. The van der Waals surface area contributed by atoms with Crippen molar-refractivity contribution in [3.8, 4) is 18.1 Å². The number of para-hydroxylation sites is 2. The molecule has 1 aromatic heterocycles. The summed E-state index contributed by atoms with van der Waals surface area (Å²) in [7, 11) is -4.54. The molecule has 0 saturated carbocycles. The second-order valence-electron chi connectivity index (χ2n) is 10.5. The van der Waals surface area contributed by atoms with Gasteiger partial charge in [-0.1, -0.05) is 42.0 Å². The number of benzene rings is 4. The zero-order valence-corrected chi connectivity index (χ0v) is 25.9. The van der Waals surface area contributed by atoms with Crippen LogP contribution in [0.2, 0.25) is 0 Å². The van der Waals surface area contributed by atoms with Gasteiger partial charge in [0.05, 0.1) is 21.2 Å². The smallest absolute Gasteiger partial charge is 0.269 e. The topological polar surface area (TPSA) is 96.7 Å². The van der Waals surface area contributed by atoms with Crippen molar-refractivity contribution in [1.29, 1.82) is 0 Å². The van der Waals surface area contributed by atoms with Crippen molar-refractivity contribution in [1.82, 2.24) is 9.79 Å². The van der Waals surface area contributed by atoms with E-state index in [-0.39, 0.29) is 23.4 Å². The van der Waals surface area contributed by atoms with Crippen LogP contribution in [0, 0.1) is 48.4 Å². The summed E-state index contributed by atoms with van der Waals surface area (Å²) in [5.41, 5.74) is 3.53. The maximum Gasteiger partial charge on any atom is 0.269 e. The Kier molecular flexibility index (Phi) is 9.62. The zero-order valence-electron chi connectivity index (χ0n) is 25.1. The number of rotatable bonds is 10. The van der Waals surface area contributed by atoms with E-state index < -0.39 is 69.6 Å². The van der Waals surface area contributed by atoms with E-state index in [0.29, 0.717) is 26.1 Å². The molecule has 1 heterocycles. The maximum atomic E-state index is 14.5. The number of terminal acetylenes is 1. The first-order chi connectivity index (χ1) is 22.9. The molecule has 0 fully saturated rings. The van der Waals surface area contributed by atoms with Gasteiger partial charge < -0.3 is 4.84 Å². The molecule has 8 nitrogen and oxygen atoms in total. The first-order valence-corrected chi connectivity index (χ1v) is 15.7. The number of sulfonamides is 1. The molecule has 0 radical (unpaired) electrons. The Labute approximate surface area is 271 Å². The summed E-state index contributed by atoms with van der Waals surface area (Å²) >= 11 is 0. The lowest BCUT2D eigenvalue weighted by Crippen LogP contribution is -2.40. The SMILES string of the molecule is C#CC[n+]1c2ccccc2c(C(=O)N(CCCC(=O)NOc2c(F)c(F)c(F)c(F)c2F)S(=O)(=O)c2ccc(C)cc2)c2ccccc21. The fourth-order valence-electron chi connectivity index (χ4n) is 5.12. The molecule has 0 aliphatic carbocycles. The molecule has 5 rings (SSSR count). The molecule has 2 amide bonds. The van der Waals surface area contributed by atoms with Gasteiger partial charge in [-0.25, -0.2) is 25.9 Å². The van der Waals surface area contributed by atoms with Crippen molar-refractivity contribution in [2.24, 2.45) is 0 Å². The Bertz CT molecular complexity index is 2150. The molecule has 246 valence electrons. The van der Waals surface area contributed by atoms with Crippen molar-refractivity contribution >= 4 is 43.6 Å². The number of nitrogens with zero attached hydrogens (tertiary/aromatic N) is 2.